The van der Waals surface area contributed by atoms with Gasteiger partial charge < -0.3 is 24.7 Å². The summed E-state index contributed by atoms with van der Waals surface area (Å²) in [5.41, 5.74) is 3.63. The molecule has 182 valence electrons. The lowest BCUT2D eigenvalue weighted by Crippen LogP contribution is -2.36. The third-order valence-electron chi connectivity index (χ3n) is 6.04. The monoisotopic (exact) mass is 468 g/mol. The van der Waals surface area contributed by atoms with E-state index in [0.717, 1.165) is 57.5 Å². The van der Waals surface area contributed by atoms with Crippen molar-refractivity contribution in [1.82, 2.24) is 4.90 Å². The number of amides is 1. The van der Waals surface area contributed by atoms with E-state index in [1.165, 1.54) is 11.1 Å². The van der Waals surface area contributed by atoms with Crippen molar-refractivity contribution in [3.8, 4) is 0 Å². The van der Waals surface area contributed by atoms with Crippen molar-refractivity contribution in [2.45, 2.75) is 44.8 Å². The molecule has 0 radical (unpaired) electrons. The Morgan fingerprint density at radius 1 is 0.941 bits per heavy atom. The molecule has 0 aromatic heterocycles. The molecule has 34 heavy (non-hydrogen) atoms. The predicted molar refractivity (Wildman–Crippen MR) is 128 cm³/mol. The van der Waals surface area contributed by atoms with Gasteiger partial charge >= 0.3 is 11.9 Å². The van der Waals surface area contributed by atoms with Crippen molar-refractivity contribution in [2.24, 2.45) is 0 Å². The summed E-state index contributed by atoms with van der Waals surface area (Å²) in [5, 5.41) is 14.8. The molecule has 2 fully saturated rings. The molecule has 1 amide bonds. The molecule has 1 unspecified atom stereocenters. The Labute approximate surface area is 199 Å². The molecule has 2 aliphatic heterocycles. The van der Waals surface area contributed by atoms with Crippen LogP contribution >= 0.6 is 0 Å². The van der Waals surface area contributed by atoms with Crippen molar-refractivity contribution in [3.05, 3.63) is 65.7 Å². The van der Waals surface area contributed by atoms with E-state index >= 15 is 0 Å². The van der Waals surface area contributed by atoms with Gasteiger partial charge in [-0.3, -0.25) is 4.79 Å². The highest BCUT2D eigenvalue weighted by Gasteiger charge is 2.24. The summed E-state index contributed by atoms with van der Waals surface area (Å²) in [7, 11) is 0. The van der Waals surface area contributed by atoms with Crippen LogP contribution in [0.25, 0.3) is 0 Å². The first-order valence-electron chi connectivity index (χ1n) is 11.7. The van der Waals surface area contributed by atoms with E-state index in [-0.39, 0.29) is 5.91 Å². The summed E-state index contributed by atoms with van der Waals surface area (Å²) in [6.07, 6.45) is 5.20. The number of carbonyl (C=O) groups excluding carboxylic acids is 1. The van der Waals surface area contributed by atoms with Gasteiger partial charge in [0.15, 0.2) is 0 Å². The Bertz CT molecular complexity index is 953. The number of carboxylic acid groups (broad SMARTS) is 2. The second kappa shape index (κ2) is 12.9. The number of carbonyl (C=O) groups is 3. The number of aliphatic carboxylic acids is 2. The van der Waals surface area contributed by atoms with Crippen LogP contribution in [0.3, 0.4) is 0 Å². The first-order chi connectivity index (χ1) is 16.4. The summed E-state index contributed by atoms with van der Waals surface area (Å²) in [5.74, 6) is -3.38. The molecule has 0 aliphatic carbocycles. The van der Waals surface area contributed by atoms with Crippen LogP contribution in [0.1, 0.15) is 36.8 Å². The fourth-order valence-corrected chi connectivity index (χ4v) is 4.25. The van der Waals surface area contributed by atoms with Crippen molar-refractivity contribution in [1.29, 1.82) is 0 Å². The van der Waals surface area contributed by atoms with E-state index in [4.69, 9.17) is 24.5 Å². The number of nitrogens with zero attached hydrogens (tertiary/aromatic N) is 2. The first-order valence-corrected chi connectivity index (χ1v) is 11.7. The van der Waals surface area contributed by atoms with Crippen molar-refractivity contribution < 1.29 is 29.3 Å². The summed E-state index contributed by atoms with van der Waals surface area (Å²) in [4.78, 5) is 35.0. The van der Waals surface area contributed by atoms with E-state index in [2.05, 4.69) is 47.4 Å². The molecule has 2 heterocycles. The topological polar surface area (TPSA) is 107 Å². The predicted octanol–water partition coefficient (Wildman–Crippen LogP) is 3.19. The molecule has 8 heteroatoms. The lowest BCUT2D eigenvalue weighted by Gasteiger charge is -2.29. The molecule has 0 saturated carbocycles. The van der Waals surface area contributed by atoms with Gasteiger partial charge in [0.1, 0.15) is 0 Å². The number of anilines is 1. The van der Waals surface area contributed by atoms with Gasteiger partial charge in [-0.2, -0.15) is 0 Å². The quantitative estimate of drug-likeness (QED) is 0.601. The lowest BCUT2D eigenvalue weighted by atomic mass is 10.0. The van der Waals surface area contributed by atoms with E-state index in [1.807, 2.05) is 17.0 Å². The molecule has 8 nitrogen and oxygen atoms in total. The highest BCUT2D eigenvalue weighted by atomic mass is 16.5. The van der Waals surface area contributed by atoms with E-state index in [0.29, 0.717) is 19.1 Å². The minimum absolute atomic E-state index is 0.272. The van der Waals surface area contributed by atoms with Crippen LogP contribution in [0, 0.1) is 0 Å². The Morgan fingerprint density at radius 2 is 1.65 bits per heavy atom. The summed E-state index contributed by atoms with van der Waals surface area (Å²) < 4.78 is 6.11. The maximum atomic E-state index is 12.3. The van der Waals surface area contributed by atoms with E-state index < -0.39 is 11.9 Å². The van der Waals surface area contributed by atoms with Gasteiger partial charge in [-0.15, -0.1) is 0 Å². The van der Waals surface area contributed by atoms with Crippen LogP contribution in [-0.4, -0.2) is 65.2 Å². The molecular formula is C26H32N2O6. The molecule has 2 aromatic carbocycles. The average Bonchev–Trinajstić information content (AvgIpc) is 3.31. The van der Waals surface area contributed by atoms with Gasteiger partial charge in [-0.1, -0.05) is 48.5 Å². The molecule has 4 rings (SSSR count). The number of ether oxygens (including phenoxy) is 1. The standard InChI is InChI=1S/C24H30N2O2.C2H2O4/c27-24-12-6-7-15-26(24)23-11-5-4-10-21(23)13-16-25-17-14-22(18-25)28-19-20-8-2-1-3-9-20;3-1(4)2(5)6/h1-5,8-11,22H,6-7,12-19H2;(H,3,4)(H,5,6). The van der Waals surface area contributed by atoms with Gasteiger partial charge in [0, 0.05) is 38.3 Å². The highest BCUT2D eigenvalue weighted by Crippen LogP contribution is 2.26. The number of piperidine rings is 1. The normalized spacial score (nSPS) is 18.3. The zero-order valence-corrected chi connectivity index (χ0v) is 19.3. The molecule has 0 spiro atoms. The average molecular weight is 469 g/mol. The molecule has 2 N–H and O–H groups in total. The molecule has 2 aliphatic rings. The van der Waals surface area contributed by atoms with Crippen molar-refractivity contribution in [3.63, 3.8) is 0 Å². The van der Waals surface area contributed by atoms with E-state index in [9.17, 15) is 4.79 Å². The van der Waals surface area contributed by atoms with Crippen LogP contribution < -0.4 is 4.90 Å². The molecular weight excluding hydrogens is 436 g/mol. The van der Waals surface area contributed by atoms with E-state index in [1.54, 1.807) is 0 Å². The highest BCUT2D eigenvalue weighted by molar-refractivity contribution is 6.27. The Morgan fingerprint density at radius 3 is 2.35 bits per heavy atom. The number of likely N-dealkylation sites (tertiary alicyclic amines) is 1. The number of hydrogen-bond donors (Lipinski definition) is 2. The number of para-hydroxylation sites is 1. The van der Waals surface area contributed by atoms with Crippen molar-refractivity contribution in [2.75, 3.05) is 31.1 Å². The zero-order valence-electron chi connectivity index (χ0n) is 19.3. The molecule has 2 aromatic rings. The summed E-state index contributed by atoms with van der Waals surface area (Å²) in [6.45, 7) is 4.65. The van der Waals surface area contributed by atoms with Gasteiger partial charge in [-0.25, -0.2) is 9.59 Å². The Kier molecular flexibility index (Phi) is 9.61. The fourth-order valence-electron chi connectivity index (χ4n) is 4.25. The van der Waals surface area contributed by atoms with Gasteiger partial charge in [-0.05, 0) is 42.9 Å². The summed E-state index contributed by atoms with van der Waals surface area (Å²) in [6, 6.07) is 18.8. The molecule has 1 atom stereocenters. The Hall–Kier alpha value is -3.23. The number of hydrogen-bond acceptors (Lipinski definition) is 5. The first kappa shape index (κ1) is 25.4. The number of carboxylic acids is 2. The third kappa shape index (κ3) is 7.67. The van der Waals surface area contributed by atoms with Crippen LogP contribution in [0.2, 0.25) is 0 Å². The molecule has 0 bridgehead atoms. The van der Waals surface area contributed by atoms with Gasteiger partial charge in [0.05, 0.1) is 12.7 Å². The fraction of sp³-hybridized carbons (Fsp3) is 0.423. The minimum Gasteiger partial charge on any atom is -0.473 e. The second-order valence-corrected chi connectivity index (χ2v) is 8.50. The van der Waals surface area contributed by atoms with Crippen LogP contribution in [0.5, 0.6) is 0 Å². The number of rotatable bonds is 7. The maximum Gasteiger partial charge on any atom is 0.414 e. The van der Waals surface area contributed by atoms with Gasteiger partial charge in [0.25, 0.3) is 0 Å². The lowest BCUT2D eigenvalue weighted by molar-refractivity contribution is -0.159. The zero-order chi connectivity index (χ0) is 24.3. The van der Waals surface area contributed by atoms with Crippen LogP contribution in [0.15, 0.2) is 54.6 Å². The Balaban J connectivity index is 0.000000481. The van der Waals surface area contributed by atoms with Crippen LogP contribution in [0.4, 0.5) is 5.69 Å². The SMILES string of the molecule is O=C(O)C(=O)O.O=C1CCCCN1c1ccccc1CCN1CCC(OCc2ccccc2)C1. The minimum atomic E-state index is -1.82. The maximum absolute atomic E-state index is 12.3. The second-order valence-electron chi connectivity index (χ2n) is 8.50. The van der Waals surface area contributed by atoms with Gasteiger partial charge in [0.2, 0.25) is 5.91 Å². The third-order valence-corrected chi connectivity index (χ3v) is 6.04. The summed E-state index contributed by atoms with van der Waals surface area (Å²) >= 11 is 0. The molecule has 2 saturated heterocycles. The van der Waals surface area contributed by atoms with Crippen molar-refractivity contribution >= 4 is 23.5 Å². The van der Waals surface area contributed by atoms with Crippen LogP contribution in [-0.2, 0) is 32.1 Å². The smallest absolute Gasteiger partial charge is 0.414 e. The largest absolute Gasteiger partial charge is 0.473 e. The number of benzene rings is 2.